The third-order valence-corrected chi connectivity index (χ3v) is 4.60. The molecule has 0 saturated heterocycles. The van der Waals surface area contributed by atoms with Gasteiger partial charge in [-0.2, -0.15) is 5.10 Å². The molecule has 0 unspecified atom stereocenters. The van der Waals surface area contributed by atoms with E-state index in [0.29, 0.717) is 11.9 Å². The Hall–Kier alpha value is -3.47. The van der Waals surface area contributed by atoms with Crippen LogP contribution in [0.4, 0.5) is 0 Å². The highest BCUT2D eigenvalue weighted by molar-refractivity contribution is 6.03. The Bertz CT molecular complexity index is 1080. The lowest BCUT2D eigenvalue weighted by molar-refractivity contribution is 0.0698. The summed E-state index contributed by atoms with van der Waals surface area (Å²) in [5, 5.41) is 14.7. The molecule has 2 aromatic heterocycles. The highest BCUT2D eigenvalue weighted by Gasteiger charge is 2.15. The maximum atomic E-state index is 11.7. The molecule has 128 valence electrons. The molecule has 4 rings (SSSR count). The molecular formula is C21H17N3O2. The molecule has 2 aromatic carbocycles. The second kappa shape index (κ2) is 6.44. The van der Waals surface area contributed by atoms with E-state index in [1.807, 2.05) is 55.6 Å². The summed E-state index contributed by atoms with van der Waals surface area (Å²) in [6.45, 7) is 2.02. The van der Waals surface area contributed by atoms with Gasteiger partial charge in [0.15, 0.2) is 0 Å². The van der Waals surface area contributed by atoms with Gasteiger partial charge in [0.1, 0.15) is 0 Å². The standard InChI is InChI=1S/C21H17N3O2/c1-14-16(13-19(21(25)26)20-18(14)4-2-9-22-20)12-15-5-7-17(8-6-15)24-11-3-10-23-24/h2-11,13H,12H2,1H3,(H,25,26). The van der Waals surface area contributed by atoms with Gasteiger partial charge in [-0.05, 0) is 60.4 Å². The number of pyridine rings is 1. The Labute approximate surface area is 150 Å². The first-order valence-electron chi connectivity index (χ1n) is 8.33. The van der Waals surface area contributed by atoms with Crippen molar-refractivity contribution in [3.63, 3.8) is 0 Å². The summed E-state index contributed by atoms with van der Waals surface area (Å²) >= 11 is 0. The number of carbonyl (C=O) groups is 1. The highest BCUT2D eigenvalue weighted by Crippen LogP contribution is 2.26. The van der Waals surface area contributed by atoms with Crippen LogP contribution in [0.3, 0.4) is 0 Å². The van der Waals surface area contributed by atoms with E-state index < -0.39 is 5.97 Å². The predicted molar refractivity (Wildman–Crippen MR) is 99.8 cm³/mol. The molecule has 5 heteroatoms. The summed E-state index contributed by atoms with van der Waals surface area (Å²) in [5.41, 5.74) is 4.95. The van der Waals surface area contributed by atoms with Gasteiger partial charge in [-0.1, -0.05) is 18.2 Å². The smallest absolute Gasteiger partial charge is 0.337 e. The minimum absolute atomic E-state index is 0.245. The van der Waals surface area contributed by atoms with Crippen molar-refractivity contribution in [1.29, 1.82) is 0 Å². The number of aromatic carboxylic acids is 1. The molecule has 2 heterocycles. The molecule has 0 amide bonds. The molecule has 0 aliphatic rings. The first-order valence-corrected chi connectivity index (χ1v) is 8.33. The van der Waals surface area contributed by atoms with Crippen LogP contribution in [0.15, 0.2) is 67.1 Å². The zero-order chi connectivity index (χ0) is 18.1. The average molecular weight is 343 g/mol. The van der Waals surface area contributed by atoms with Gasteiger partial charge in [0.2, 0.25) is 0 Å². The quantitative estimate of drug-likeness (QED) is 0.608. The molecule has 0 aliphatic carbocycles. The first-order chi connectivity index (χ1) is 12.6. The van der Waals surface area contributed by atoms with Crippen LogP contribution in [-0.4, -0.2) is 25.8 Å². The van der Waals surface area contributed by atoms with E-state index in [-0.39, 0.29) is 5.56 Å². The molecule has 0 bridgehead atoms. The Morgan fingerprint density at radius 2 is 1.92 bits per heavy atom. The van der Waals surface area contributed by atoms with E-state index in [2.05, 4.69) is 10.1 Å². The average Bonchev–Trinajstić information content (AvgIpc) is 3.19. The molecule has 26 heavy (non-hydrogen) atoms. The number of rotatable bonds is 4. The van der Waals surface area contributed by atoms with Gasteiger partial charge in [0.25, 0.3) is 0 Å². The van der Waals surface area contributed by atoms with Crippen LogP contribution in [0.5, 0.6) is 0 Å². The summed E-state index contributed by atoms with van der Waals surface area (Å²) in [6, 6.07) is 15.5. The first kappa shape index (κ1) is 16.0. The summed E-state index contributed by atoms with van der Waals surface area (Å²) in [7, 11) is 0. The zero-order valence-corrected chi connectivity index (χ0v) is 14.3. The van der Waals surface area contributed by atoms with Gasteiger partial charge in [-0.15, -0.1) is 0 Å². The van der Waals surface area contributed by atoms with Crippen molar-refractivity contribution in [2.24, 2.45) is 0 Å². The van der Waals surface area contributed by atoms with Crippen LogP contribution < -0.4 is 0 Å². The number of aromatic nitrogens is 3. The number of carboxylic acids is 1. The van der Waals surface area contributed by atoms with E-state index in [4.69, 9.17) is 0 Å². The van der Waals surface area contributed by atoms with Crippen LogP contribution in [0, 0.1) is 6.92 Å². The largest absolute Gasteiger partial charge is 0.478 e. The summed E-state index contributed by atoms with van der Waals surface area (Å²) in [5.74, 6) is -0.955. The maximum Gasteiger partial charge on any atom is 0.337 e. The lowest BCUT2D eigenvalue weighted by atomic mass is 9.94. The zero-order valence-electron chi connectivity index (χ0n) is 14.3. The van der Waals surface area contributed by atoms with Crippen LogP contribution >= 0.6 is 0 Å². The molecule has 0 atom stereocenters. The number of hydrogen-bond donors (Lipinski definition) is 1. The van der Waals surface area contributed by atoms with Crippen molar-refractivity contribution in [3.05, 3.63) is 89.4 Å². The second-order valence-corrected chi connectivity index (χ2v) is 6.21. The molecular weight excluding hydrogens is 326 g/mol. The van der Waals surface area contributed by atoms with Crippen molar-refractivity contribution in [1.82, 2.24) is 14.8 Å². The van der Waals surface area contributed by atoms with Crippen molar-refractivity contribution in [2.75, 3.05) is 0 Å². The van der Waals surface area contributed by atoms with Gasteiger partial charge >= 0.3 is 5.97 Å². The second-order valence-electron chi connectivity index (χ2n) is 6.21. The Morgan fingerprint density at radius 3 is 2.62 bits per heavy atom. The lowest BCUT2D eigenvalue weighted by Gasteiger charge is -2.12. The summed E-state index contributed by atoms with van der Waals surface area (Å²) in [4.78, 5) is 15.9. The molecule has 4 aromatic rings. The van der Waals surface area contributed by atoms with Crippen molar-refractivity contribution in [3.8, 4) is 5.69 Å². The van der Waals surface area contributed by atoms with E-state index in [0.717, 1.165) is 27.8 Å². The molecule has 1 N–H and O–H groups in total. The fourth-order valence-electron chi connectivity index (χ4n) is 3.20. The number of carboxylic acid groups (broad SMARTS) is 1. The van der Waals surface area contributed by atoms with Crippen molar-refractivity contribution in [2.45, 2.75) is 13.3 Å². The van der Waals surface area contributed by atoms with Gasteiger partial charge < -0.3 is 5.11 Å². The third kappa shape index (κ3) is 2.84. The summed E-state index contributed by atoms with van der Waals surface area (Å²) in [6.07, 6.45) is 5.93. The maximum absolute atomic E-state index is 11.7. The molecule has 0 fully saturated rings. The number of nitrogens with zero attached hydrogens (tertiary/aromatic N) is 3. The number of aryl methyl sites for hydroxylation is 1. The SMILES string of the molecule is Cc1c(Cc2ccc(-n3cccn3)cc2)cc(C(=O)O)c2ncccc12. The fourth-order valence-corrected chi connectivity index (χ4v) is 3.20. The topological polar surface area (TPSA) is 68.0 Å². The van der Waals surface area contributed by atoms with E-state index in [9.17, 15) is 9.90 Å². The van der Waals surface area contributed by atoms with Crippen LogP contribution in [0.1, 0.15) is 27.0 Å². The minimum Gasteiger partial charge on any atom is -0.478 e. The van der Waals surface area contributed by atoms with Crippen molar-refractivity contribution >= 4 is 16.9 Å². The highest BCUT2D eigenvalue weighted by atomic mass is 16.4. The monoisotopic (exact) mass is 343 g/mol. The van der Waals surface area contributed by atoms with Crippen molar-refractivity contribution < 1.29 is 9.90 Å². The van der Waals surface area contributed by atoms with E-state index >= 15 is 0 Å². The van der Waals surface area contributed by atoms with Gasteiger partial charge in [-0.25, -0.2) is 9.48 Å². The third-order valence-electron chi connectivity index (χ3n) is 4.60. The Balaban J connectivity index is 1.73. The Kier molecular flexibility index (Phi) is 3.97. The number of fused-ring (bicyclic) bond motifs is 1. The van der Waals surface area contributed by atoms with Gasteiger partial charge in [-0.3, -0.25) is 4.98 Å². The molecule has 0 spiro atoms. The molecule has 0 saturated carbocycles. The van der Waals surface area contributed by atoms with Gasteiger partial charge in [0.05, 0.1) is 16.8 Å². The molecule has 0 aliphatic heterocycles. The molecule has 0 radical (unpaired) electrons. The van der Waals surface area contributed by atoms with Gasteiger partial charge in [0, 0.05) is 24.0 Å². The minimum atomic E-state index is -0.955. The number of hydrogen-bond acceptors (Lipinski definition) is 3. The normalized spacial score (nSPS) is 11.0. The van der Waals surface area contributed by atoms with Crippen LogP contribution in [-0.2, 0) is 6.42 Å². The van der Waals surface area contributed by atoms with E-state index in [1.165, 1.54) is 0 Å². The number of benzene rings is 2. The fraction of sp³-hybridized carbons (Fsp3) is 0.0952. The predicted octanol–water partition coefficient (Wildman–Crippen LogP) is 4.02. The van der Waals surface area contributed by atoms with Crippen LogP contribution in [0.2, 0.25) is 0 Å². The lowest BCUT2D eigenvalue weighted by Crippen LogP contribution is -2.04. The van der Waals surface area contributed by atoms with E-state index in [1.54, 1.807) is 23.1 Å². The molecule has 5 nitrogen and oxygen atoms in total. The summed E-state index contributed by atoms with van der Waals surface area (Å²) < 4.78 is 1.80. The Morgan fingerprint density at radius 1 is 1.12 bits per heavy atom. The van der Waals surface area contributed by atoms with Crippen LogP contribution in [0.25, 0.3) is 16.6 Å².